The maximum Gasteiger partial charge on any atom is 0.217 e. The standard InChI is InChI=1S/C10H19NO5S/c1-3-17-10-7(11-5(2)13)9(15)8(14)6(4-12)16-10/h6-10,12,14-15H,3-4H2,1-2H3,(H,11,13)/t6-,7-,8-,9-,10-/m1/s1. The third-order valence-electron chi connectivity index (χ3n) is 2.58. The van der Waals surface area contributed by atoms with Gasteiger partial charge >= 0.3 is 0 Å². The van der Waals surface area contributed by atoms with E-state index in [2.05, 4.69) is 5.32 Å². The van der Waals surface area contributed by atoms with Gasteiger partial charge in [-0.1, -0.05) is 6.92 Å². The summed E-state index contributed by atoms with van der Waals surface area (Å²) in [5, 5.41) is 31.2. The Morgan fingerprint density at radius 2 is 2.06 bits per heavy atom. The van der Waals surface area contributed by atoms with Crippen molar-refractivity contribution < 1.29 is 24.9 Å². The van der Waals surface area contributed by atoms with Gasteiger partial charge in [0.2, 0.25) is 5.91 Å². The van der Waals surface area contributed by atoms with Crippen LogP contribution in [0.3, 0.4) is 0 Å². The number of carbonyl (C=O) groups is 1. The molecule has 100 valence electrons. The molecule has 1 saturated heterocycles. The van der Waals surface area contributed by atoms with E-state index in [1.165, 1.54) is 18.7 Å². The highest BCUT2D eigenvalue weighted by Gasteiger charge is 2.44. The van der Waals surface area contributed by atoms with Crippen LogP contribution in [0.15, 0.2) is 0 Å². The summed E-state index contributed by atoms with van der Waals surface area (Å²) in [7, 11) is 0. The minimum absolute atomic E-state index is 0.297. The number of thioether (sulfide) groups is 1. The van der Waals surface area contributed by atoms with Crippen LogP contribution in [0.5, 0.6) is 0 Å². The molecule has 0 spiro atoms. The molecule has 0 saturated carbocycles. The highest BCUT2D eigenvalue weighted by atomic mass is 32.2. The van der Waals surface area contributed by atoms with Crippen molar-refractivity contribution in [1.82, 2.24) is 5.32 Å². The normalized spacial score (nSPS) is 37.8. The first-order valence-electron chi connectivity index (χ1n) is 5.52. The second kappa shape index (κ2) is 6.55. The topological polar surface area (TPSA) is 99.0 Å². The Morgan fingerprint density at radius 3 is 2.53 bits per heavy atom. The fourth-order valence-electron chi connectivity index (χ4n) is 1.78. The smallest absolute Gasteiger partial charge is 0.217 e. The lowest BCUT2D eigenvalue weighted by Crippen LogP contribution is -2.63. The third-order valence-corrected chi connectivity index (χ3v) is 3.65. The van der Waals surface area contributed by atoms with E-state index >= 15 is 0 Å². The van der Waals surface area contributed by atoms with Gasteiger partial charge in [-0.25, -0.2) is 0 Å². The first-order chi connectivity index (χ1) is 8.01. The first kappa shape index (κ1) is 14.7. The Bertz CT molecular complexity index is 265. The third kappa shape index (κ3) is 3.56. The molecular weight excluding hydrogens is 246 g/mol. The number of nitrogens with one attached hydrogen (secondary N) is 1. The Hall–Kier alpha value is -0.340. The summed E-state index contributed by atoms with van der Waals surface area (Å²) < 4.78 is 5.46. The maximum absolute atomic E-state index is 11.0. The highest BCUT2D eigenvalue weighted by molar-refractivity contribution is 7.99. The molecule has 1 fully saturated rings. The van der Waals surface area contributed by atoms with Crippen molar-refractivity contribution in [2.75, 3.05) is 12.4 Å². The Kier molecular flexibility index (Phi) is 5.68. The number of rotatable bonds is 4. The van der Waals surface area contributed by atoms with Gasteiger partial charge in [0, 0.05) is 6.92 Å². The zero-order valence-corrected chi connectivity index (χ0v) is 10.7. The Balaban J connectivity index is 2.78. The van der Waals surface area contributed by atoms with Gasteiger partial charge in [-0.05, 0) is 5.75 Å². The van der Waals surface area contributed by atoms with E-state index in [4.69, 9.17) is 9.84 Å². The van der Waals surface area contributed by atoms with Gasteiger partial charge in [0.05, 0.1) is 12.6 Å². The lowest BCUT2D eigenvalue weighted by molar-refractivity contribution is -0.173. The van der Waals surface area contributed by atoms with Gasteiger partial charge in [0.1, 0.15) is 23.7 Å². The second-order valence-corrected chi connectivity index (χ2v) is 5.26. The molecule has 0 aromatic carbocycles. The van der Waals surface area contributed by atoms with Crippen LogP contribution >= 0.6 is 11.8 Å². The van der Waals surface area contributed by atoms with Crippen molar-refractivity contribution in [3.63, 3.8) is 0 Å². The van der Waals surface area contributed by atoms with Crippen LogP contribution in [0.25, 0.3) is 0 Å². The SMILES string of the molecule is CCS[C@H]1O[C@H](CO)[C@@H](O)[C@H](O)[C@H]1NC(C)=O. The van der Waals surface area contributed by atoms with E-state index in [0.717, 1.165) is 5.75 Å². The number of hydrogen-bond acceptors (Lipinski definition) is 6. The van der Waals surface area contributed by atoms with Crippen LogP contribution in [0.2, 0.25) is 0 Å². The zero-order valence-electron chi connectivity index (χ0n) is 9.87. The molecular formula is C10H19NO5S. The lowest BCUT2D eigenvalue weighted by atomic mass is 9.98. The molecule has 1 amide bonds. The van der Waals surface area contributed by atoms with Gasteiger partial charge < -0.3 is 25.4 Å². The van der Waals surface area contributed by atoms with Gasteiger partial charge in [0.15, 0.2) is 0 Å². The molecule has 1 aliphatic rings. The quantitative estimate of drug-likeness (QED) is 0.503. The van der Waals surface area contributed by atoms with E-state index in [1.807, 2.05) is 6.92 Å². The Labute approximate surface area is 104 Å². The van der Waals surface area contributed by atoms with E-state index < -0.39 is 29.8 Å². The summed E-state index contributed by atoms with van der Waals surface area (Å²) in [6.45, 7) is 2.89. The minimum Gasteiger partial charge on any atom is -0.394 e. The highest BCUT2D eigenvalue weighted by Crippen LogP contribution is 2.28. The second-order valence-electron chi connectivity index (χ2n) is 3.89. The number of aliphatic hydroxyl groups excluding tert-OH is 3. The van der Waals surface area contributed by atoms with Crippen molar-refractivity contribution in [1.29, 1.82) is 0 Å². The van der Waals surface area contributed by atoms with Crippen LogP contribution in [-0.2, 0) is 9.53 Å². The number of amides is 1. The van der Waals surface area contributed by atoms with Crippen LogP contribution in [-0.4, -0.2) is 63.4 Å². The van der Waals surface area contributed by atoms with Crippen molar-refractivity contribution in [2.45, 2.75) is 43.6 Å². The zero-order chi connectivity index (χ0) is 13.0. The van der Waals surface area contributed by atoms with Crippen molar-refractivity contribution in [2.24, 2.45) is 0 Å². The van der Waals surface area contributed by atoms with Crippen LogP contribution in [0.4, 0.5) is 0 Å². The fourth-order valence-corrected chi connectivity index (χ4v) is 2.76. The minimum atomic E-state index is -1.20. The lowest BCUT2D eigenvalue weighted by Gasteiger charge is -2.42. The summed E-state index contributed by atoms with van der Waals surface area (Å²) in [5.74, 6) is 0.441. The van der Waals surface area contributed by atoms with Gasteiger partial charge in [-0.2, -0.15) is 0 Å². The monoisotopic (exact) mass is 265 g/mol. The number of hydrogen-bond donors (Lipinski definition) is 4. The predicted molar refractivity (Wildman–Crippen MR) is 63.5 cm³/mol. The number of ether oxygens (including phenoxy) is 1. The van der Waals surface area contributed by atoms with Gasteiger partial charge in [-0.3, -0.25) is 4.79 Å². The van der Waals surface area contributed by atoms with Crippen LogP contribution < -0.4 is 5.32 Å². The molecule has 5 atom stereocenters. The van der Waals surface area contributed by atoms with E-state index in [-0.39, 0.29) is 12.5 Å². The maximum atomic E-state index is 11.0. The molecule has 17 heavy (non-hydrogen) atoms. The molecule has 0 aromatic rings. The molecule has 1 rings (SSSR count). The fraction of sp³-hybridized carbons (Fsp3) is 0.900. The van der Waals surface area contributed by atoms with Gasteiger partial charge in [0.25, 0.3) is 0 Å². The molecule has 1 aliphatic heterocycles. The molecule has 0 aliphatic carbocycles. The predicted octanol–water partition coefficient (Wildman–Crippen LogP) is -1.32. The van der Waals surface area contributed by atoms with Crippen molar-refractivity contribution >= 4 is 17.7 Å². The molecule has 0 unspecified atom stereocenters. The van der Waals surface area contributed by atoms with Crippen molar-refractivity contribution in [3.05, 3.63) is 0 Å². The van der Waals surface area contributed by atoms with E-state index in [1.54, 1.807) is 0 Å². The molecule has 0 aromatic heterocycles. The molecule has 4 N–H and O–H groups in total. The summed E-state index contributed by atoms with van der Waals surface area (Å²) in [6.07, 6.45) is -3.17. The van der Waals surface area contributed by atoms with E-state index in [0.29, 0.717) is 0 Å². The Morgan fingerprint density at radius 1 is 1.41 bits per heavy atom. The summed E-state index contributed by atoms with van der Waals surface area (Å²) >= 11 is 1.41. The number of carbonyl (C=O) groups excluding carboxylic acids is 1. The average molecular weight is 265 g/mol. The van der Waals surface area contributed by atoms with Crippen molar-refractivity contribution in [3.8, 4) is 0 Å². The molecule has 1 heterocycles. The summed E-state index contributed by atoms with van der Waals surface area (Å²) in [5.41, 5.74) is -0.473. The van der Waals surface area contributed by atoms with Gasteiger partial charge in [-0.15, -0.1) is 11.8 Å². The summed E-state index contributed by atoms with van der Waals surface area (Å²) in [6, 6.07) is -0.671. The molecule has 7 heteroatoms. The van der Waals surface area contributed by atoms with E-state index in [9.17, 15) is 15.0 Å². The van der Waals surface area contributed by atoms with Crippen LogP contribution in [0, 0.1) is 0 Å². The largest absolute Gasteiger partial charge is 0.394 e. The molecule has 0 radical (unpaired) electrons. The number of aliphatic hydroxyl groups is 3. The molecule has 6 nitrogen and oxygen atoms in total. The summed E-state index contributed by atoms with van der Waals surface area (Å²) in [4.78, 5) is 11.0. The molecule has 0 bridgehead atoms. The average Bonchev–Trinajstić information content (AvgIpc) is 2.28. The van der Waals surface area contributed by atoms with Crippen LogP contribution in [0.1, 0.15) is 13.8 Å². The first-order valence-corrected chi connectivity index (χ1v) is 6.57.